The highest BCUT2D eigenvalue weighted by molar-refractivity contribution is 7.97. The van der Waals surface area contributed by atoms with Crippen molar-refractivity contribution in [3.63, 3.8) is 0 Å². The topological polar surface area (TPSA) is 45.8 Å². The molecule has 0 aliphatic rings. The molecule has 0 spiro atoms. The number of hydrogen-bond acceptors (Lipinski definition) is 4. The second-order valence-electron chi connectivity index (χ2n) is 5.22. The Morgan fingerprint density at radius 1 is 1.22 bits per heavy atom. The number of benzene rings is 1. The number of fused-ring (bicyclic) bond motifs is 1. The van der Waals surface area contributed by atoms with Crippen LogP contribution in [0.4, 0.5) is 0 Å². The van der Waals surface area contributed by atoms with Crippen LogP contribution in [0.1, 0.15) is 21.8 Å². The SMILES string of the molecule is Cc1sc2nc(CSCc3ccc(Cl)c(Cl)c3)[nH]c(=O)c2c1C. The van der Waals surface area contributed by atoms with Gasteiger partial charge in [-0.1, -0.05) is 29.3 Å². The van der Waals surface area contributed by atoms with Gasteiger partial charge in [0, 0.05) is 10.6 Å². The van der Waals surface area contributed by atoms with Crippen molar-refractivity contribution in [1.29, 1.82) is 0 Å². The number of nitrogens with zero attached hydrogens (tertiary/aromatic N) is 1. The Kier molecular flexibility index (Phi) is 5.01. The van der Waals surface area contributed by atoms with E-state index in [4.69, 9.17) is 23.2 Å². The zero-order valence-electron chi connectivity index (χ0n) is 12.6. The first kappa shape index (κ1) is 16.8. The lowest BCUT2D eigenvalue weighted by atomic mass is 10.2. The summed E-state index contributed by atoms with van der Waals surface area (Å²) in [5, 5.41) is 1.83. The highest BCUT2D eigenvalue weighted by atomic mass is 35.5. The van der Waals surface area contributed by atoms with E-state index in [2.05, 4.69) is 9.97 Å². The molecule has 2 heterocycles. The average molecular weight is 385 g/mol. The number of thiophene rings is 1. The predicted octanol–water partition coefficient (Wildman–Crippen LogP) is 5.34. The molecule has 3 rings (SSSR count). The molecule has 23 heavy (non-hydrogen) atoms. The minimum Gasteiger partial charge on any atom is -0.309 e. The molecular weight excluding hydrogens is 371 g/mol. The first-order valence-electron chi connectivity index (χ1n) is 6.96. The lowest BCUT2D eigenvalue weighted by molar-refractivity contribution is 1.04. The molecule has 3 nitrogen and oxygen atoms in total. The van der Waals surface area contributed by atoms with Gasteiger partial charge in [-0.2, -0.15) is 0 Å². The fourth-order valence-corrected chi connectivity index (χ4v) is 4.48. The fraction of sp³-hybridized carbons (Fsp3) is 0.250. The molecule has 7 heteroatoms. The molecule has 0 aliphatic carbocycles. The minimum atomic E-state index is -0.0537. The van der Waals surface area contributed by atoms with E-state index in [0.29, 0.717) is 27.0 Å². The summed E-state index contributed by atoms with van der Waals surface area (Å²) in [5.41, 5.74) is 2.06. The van der Waals surface area contributed by atoms with E-state index in [1.807, 2.05) is 26.0 Å². The number of H-pyrrole nitrogens is 1. The molecule has 0 radical (unpaired) electrons. The van der Waals surface area contributed by atoms with Gasteiger partial charge in [-0.15, -0.1) is 23.1 Å². The van der Waals surface area contributed by atoms with Crippen LogP contribution in [0.25, 0.3) is 10.2 Å². The van der Waals surface area contributed by atoms with Crippen LogP contribution in [0.3, 0.4) is 0 Å². The third kappa shape index (κ3) is 3.58. The summed E-state index contributed by atoms with van der Waals surface area (Å²) in [6, 6.07) is 5.61. The molecule has 0 bridgehead atoms. The summed E-state index contributed by atoms with van der Waals surface area (Å²) in [6.07, 6.45) is 0. The Labute approximate surface area is 152 Å². The Morgan fingerprint density at radius 3 is 2.74 bits per heavy atom. The number of aromatic nitrogens is 2. The number of halogens is 2. The number of nitrogens with one attached hydrogen (secondary N) is 1. The molecular formula is C16H14Cl2N2OS2. The van der Waals surface area contributed by atoms with Crippen molar-refractivity contribution in [2.75, 3.05) is 0 Å². The Balaban J connectivity index is 1.74. The zero-order chi connectivity index (χ0) is 16.6. The molecule has 2 aromatic heterocycles. The van der Waals surface area contributed by atoms with E-state index in [1.54, 1.807) is 29.2 Å². The predicted molar refractivity (Wildman–Crippen MR) is 101 cm³/mol. The summed E-state index contributed by atoms with van der Waals surface area (Å²) < 4.78 is 0. The molecule has 120 valence electrons. The molecule has 1 N–H and O–H groups in total. The van der Waals surface area contributed by atoms with Gasteiger partial charge < -0.3 is 4.98 Å². The van der Waals surface area contributed by atoms with Crippen LogP contribution in [0.2, 0.25) is 10.0 Å². The van der Waals surface area contributed by atoms with Crippen molar-refractivity contribution in [3.05, 3.63) is 60.4 Å². The van der Waals surface area contributed by atoms with Gasteiger partial charge in [0.2, 0.25) is 0 Å². The summed E-state index contributed by atoms with van der Waals surface area (Å²) in [7, 11) is 0. The van der Waals surface area contributed by atoms with Crippen LogP contribution in [-0.4, -0.2) is 9.97 Å². The quantitative estimate of drug-likeness (QED) is 0.659. The highest BCUT2D eigenvalue weighted by Gasteiger charge is 2.11. The van der Waals surface area contributed by atoms with Crippen LogP contribution in [0, 0.1) is 13.8 Å². The normalized spacial score (nSPS) is 11.3. The van der Waals surface area contributed by atoms with Crippen molar-refractivity contribution in [2.45, 2.75) is 25.4 Å². The maximum atomic E-state index is 12.2. The van der Waals surface area contributed by atoms with E-state index in [-0.39, 0.29) is 5.56 Å². The molecule has 3 aromatic rings. The van der Waals surface area contributed by atoms with Crippen molar-refractivity contribution in [2.24, 2.45) is 0 Å². The molecule has 0 unspecified atom stereocenters. The standard InChI is InChI=1S/C16H14Cl2N2OS2/c1-8-9(2)23-16-14(8)15(21)19-13(20-16)7-22-6-10-3-4-11(17)12(18)5-10/h3-5H,6-7H2,1-2H3,(H,19,20,21). The Morgan fingerprint density at radius 2 is 2.00 bits per heavy atom. The van der Waals surface area contributed by atoms with Crippen LogP contribution in [0.5, 0.6) is 0 Å². The van der Waals surface area contributed by atoms with Crippen molar-refractivity contribution in [3.8, 4) is 0 Å². The first-order valence-corrected chi connectivity index (χ1v) is 9.69. The molecule has 0 atom stereocenters. The number of rotatable bonds is 4. The highest BCUT2D eigenvalue weighted by Crippen LogP contribution is 2.27. The third-order valence-electron chi connectivity index (χ3n) is 3.58. The van der Waals surface area contributed by atoms with E-state index in [1.165, 1.54) is 0 Å². The lowest BCUT2D eigenvalue weighted by Crippen LogP contribution is -2.10. The summed E-state index contributed by atoms with van der Waals surface area (Å²) in [5.74, 6) is 2.12. The summed E-state index contributed by atoms with van der Waals surface area (Å²) in [4.78, 5) is 21.6. The molecule has 0 saturated heterocycles. The van der Waals surface area contributed by atoms with Crippen molar-refractivity contribution < 1.29 is 0 Å². The zero-order valence-corrected chi connectivity index (χ0v) is 15.7. The number of aryl methyl sites for hydroxylation is 2. The molecule has 0 saturated carbocycles. The smallest absolute Gasteiger partial charge is 0.259 e. The second kappa shape index (κ2) is 6.85. The number of thioether (sulfide) groups is 1. The lowest BCUT2D eigenvalue weighted by Gasteiger charge is -2.04. The number of aromatic amines is 1. The first-order chi connectivity index (χ1) is 11.0. The Bertz CT molecular complexity index is 934. The average Bonchev–Trinajstić information content (AvgIpc) is 2.78. The third-order valence-corrected chi connectivity index (χ3v) is 6.43. The van der Waals surface area contributed by atoms with Crippen LogP contribution in [0.15, 0.2) is 23.0 Å². The van der Waals surface area contributed by atoms with E-state index >= 15 is 0 Å². The van der Waals surface area contributed by atoms with Gasteiger partial charge in [0.15, 0.2) is 0 Å². The van der Waals surface area contributed by atoms with Crippen LogP contribution >= 0.6 is 46.3 Å². The van der Waals surface area contributed by atoms with Gasteiger partial charge in [0.1, 0.15) is 10.7 Å². The second-order valence-corrected chi connectivity index (χ2v) is 8.22. The fourth-order valence-electron chi connectivity index (χ4n) is 2.26. The van der Waals surface area contributed by atoms with Gasteiger partial charge in [0.25, 0.3) is 5.56 Å². The monoisotopic (exact) mass is 384 g/mol. The maximum Gasteiger partial charge on any atom is 0.259 e. The largest absolute Gasteiger partial charge is 0.309 e. The summed E-state index contributed by atoms with van der Waals surface area (Å²) >= 11 is 15.2. The molecule has 0 aliphatic heterocycles. The van der Waals surface area contributed by atoms with Gasteiger partial charge in [0.05, 0.1) is 21.2 Å². The molecule has 1 aromatic carbocycles. The molecule has 0 amide bonds. The van der Waals surface area contributed by atoms with Crippen molar-refractivity contribution >= 4 is 56.5 Å². The van der Waals surface area contributed by atoms with Gasteiger partial charge in [-0.3, -0.25) is 4.79 Å². The van der Waals surface area contributed by atoms with E-state index < -0.39 is 0 Å². The van der Waals surface area contributed by atoms with Gasteiger partial charge >= 0.3 is 0 Å². The summed E-state index contributed by atoms with van der Waals surface area (Å²) in [6.45, 7) is 3.98. The van der Waals surface area contributed by atoms with Gasteiger partial charge in [-0.25, -0.2) is 4.98 Å². The molecule has 0 fully saturated rings. The van der Waals surface area contributed by atoms with E-state index in [0.717, 1.165) is 26.6 Å². The van der Waals surface area contributed by atoms with Crippen LogP contribution < -0.4 is 5.56 Å². The van der Waals surface area contributed by atoms with Crippen LogP contribution in [-0.2, 0) is 11.5 Å². The van der Waals surface area contributed by atoms with E-state index in [9.17, 15) is 4.79 Å². The minimum absolute atomic E-state index is 0.0537. The van der Waals surface area contributed by atoms with Gasteiger partial charge in [-0.05, 0) is 37.1 Å². The Hall–Kier alpha value is -1.01. The number of hydrogen-bond donors (Lipinski definition) is 1. The maximum absolute atomic E-state index is 12.2. The van der Waals surface area contributed by atoms with Crippen molar-refractivity contribution in [1.82, 2.24) is 9.97 Å².